The van der Waals surface area contributed by atoms with Gasteiger partial charge in [0, 0.05) is 15.6 Å². The molecule has 2 aromatic carbocycles. The first-order valence-corrected chi connectivity index (χ1v) is 8.59. The van der Waals surface area contributed by atoms with E-state index in [-0.39, 0.29) is 11.5 Å². The van der Waals surface area contributed by atoms with Crippen molar-refractivity contribution in [2.75, 3.05) is 5.73 Å². The molecule has 4 aromatic rings. The maximum atomic E-state index is 11.8. The van der Waals surface area contributed by atoms with Gasteiger partial charge in [0.15, 0.2) is 5.69 Å². The number of hydrogen-bond acceptors (Lipinski definition) is 4. The zero-order valence-electron chi connectivity index (χ0n) is 13.1. The van der Waals surface area contributed by atoms with Crippen molar-refractivity contribution in [3.63, 3.8) is 0 Å². The predicted molar refractivity (Wildman–Crippen MR) is 102 cm³/mol. The topological polar surface area (TPSA) is 76.2 Å². The third-order valence-corrected chi connectivity index (χ3v) is 5.03. The number of thiophene rings is 1. The molecule has 0 spiro atoms. The van der Waals surface area contributed by atoms with Crippen molar-refractivity contribution in [2.24, 2.45) is 0 Å². The SMILES string of the molecule is Nc1nc(C(=O)O)c(-c2cccc(-c3ccccc3)c2)c2sccc12. The zero-order chi connectivity index (χ0) is 17.4. The number of benzene rings is 2. The summed E-state index contributed by atoms with van der Waals surface area (Å²) in [6.07, 6.45) is 0. The summed E-state index contributed by atoms with van der Waals surface area (Å²) in [4.78, 5) is 15.9. The maximum Gasteiger partial charge on any atom is 0.355 e. The molecule has 0 fully saturated rings. The van der Waals surface area contributed by atoms with Crippen molar-refractivity contribution >= 4 is 33.2 Å². The van der Waals surface area contributed by atoms with Crippen LogP contribution < -0.4 is 5.73 Å². The van der Waals surface area contributed by atoms with E-state index in [1.54, 1.807) is 0 Å². The molecule has 4 nitrogen and oxygen atoms in total. The summed E-state index contributed by atoms with van der Waals surface area (Å²) in [5.41, 5.74) is 9.46. The van der Waals surface area contributed by atoms with Crippen LogP contribution in [0.5, 0.6) is 0 Å². The quantitative estimate of drug-likeness (QED) is 0.552. The van der Waals surface area contributed by atoms with Gasteiger partial charge >= 0.3 is 5.97 Å². The van der Waals surface area contributed by atoms with Crippen molar-refractivity contribution in [3.8, 4) is 22.3 Å². The zero-order valence-corrected chi connectivity index (χ0v) is 14.0. The number of rotatable bonds is 3. The molecule has 2 heterocycles. The van der Waals surface area contributed by atoms with Gasteiger partial charge in [-0.05, 0) is 34.2 Å². The van der Waals surface area contributed by atoms with E-state index in [0.29, 0.717) is 5.56 Å². The number of nitrogens with zero attached hydrogens (tertiary/aromatic N) is 1. The van der Waals surface area contributed by atoms with Crippen LogP contribution in [0.3, 0.4) is 0 Å². The number of hydrogen-bond donors (Lipinski definition) is 2. The van der Waals surface area contributed by atoms with Crippen molar-refractivity contribution in [2.45, 2.75) is 0 Å². The number of aromatic carboxylic acids is 1. The van der Waals surface area contributed by atoms with Crippen LogP contribution in [0.25, 0.3) is 32.3 Å². The third kappa shape index (κ3) is 2.64. The summed E-state index contributed by atoms with van der Waals surface area (Å²) >= 11 is 1.47. The molecule has 122 valence electrons. The monoisotopic (exact) mass is 346 g/mol. The molecule has 25 heavy (non-hydrogen) atoms. The number of carbonyl (C=O) groups is 1. The number of anilines is 1. The Morgan fingerprint density at radius 3 is 2.44 bits per heavy atom. The Kier molecular flexibility index (Phi) is 3.71. The Hall–Kier alpha value is -3.18. The minimum absolute atomic E-state index is 0.0161. The number of fused-ring (bicyclic) bond motifs is 1. The van der Waals surface area contributed by atoms with Crippen LogP contribution in [0, 0.1) is 0 Å². The lowest BCUT2D eigenvalue weighted by Gasteiger charge is -2.11. The number of carboxylic acid groups (broad SMARTS) is 1. The maximum absolute atomic E-state index is 11.8. The molecule has 0 aliphatic rings. The number of carboxylic acids is 1. The Bertz CT molecular complexity index is 1090. The van der Waals surface area contributed by atoms with Crippen LogP contribution in [0.15, 0.2) is 66.0 Å². The first-order valence-electron chi connectivity index (χ1n) is 7.71. The average Bonchev–Trinajstić information content (AvgIpc) is 3.12. The van der Waals surface area contributed by atoms with E-state index in [1.165, 1.54) is 11.3 Å². The molecule has 0 amide bonds. The molecule has 5 heteroatoms. The predicted octanol–water partition coefficient (Wildman–Crippen LogP) is 4.91. The highest BCUT2D eigenvalue weighted by Crippen LogP contribution is 2.38. The van der Waals surface area contributed by atoms with Gasteiger partial charge in [-0.25, -0.2) is 9.78 Å². The molecule has 3 N–H and O–H groups in total. The fourth-order valence-electron chi connectivity index (χ4n) is 2.96. The van der Waals surface area contributed by atoms with Crippen molar-refractivity contribution in [1.29, 1.82) is 0 Å². The molecule has 0 radical (unpaired) electrons. The summed E-state index contributed by atoms with van der Waals surface area (Å²) < 4.78 is 0.843. The number of nitrogens with two attached hydrogens (primary N) is 1. The standard InChI is InChI=1S/C20H14N2O2S/c21-19-15-9-10-25-18(15)16(17(22-19)20(23)24)14-8-4-7-13(11-14)12-5-2-1-3-6-12/h1-11H,(H2,21,22)(H,23,24). The largest absolute Gasteiger partial charge is 0.476 e. The van der Waals surface area contributed by atoms with Gasteiger partial charge in [0.05, 0.1) is 0 Å². The number of nitrogen functional groups attached to an aromatic ring is 1. The van der Waals surface area contributed by atoms with E-state index in [9.17, 15) is 9.90 Å². The number of aromatic nitrogens is 1. The lowest BCUT2D eigenvalue weighted by Crippen LogP contribution is -2.06. The van der Waals surface area contributed by atoms with E-state index in [1.807, 2.05) is 66.0 Å². The van der Waals surface area contributed by atoms with Gasteiger partial charge in [0.25, 0.3) is 0 Å². The third-order valence-electron chi connectivity index (χ3n) is 4.10. The van der Waals surface area contributed by atoms with E-state index >= 15 is 0 Å². The van der Waals surface area contributed by atoms with E-state index in [4.69, 9.17) is 5.73 Å². The van der Waals surface area contributed by atoms with Gasteiger partial charge in [0.1, 0.15) is 5.82 Å². The first kappa shape index (κ1) is 15.4. The minimum Gasteiger partial charge on any atom is -0.476 e. The summed E-state index contributed by atoms with van der Waals surface area (Å²) in [5.74, 6) is -0.835. The van der Waals surface area contributed by atoms with E-state index in [0.717, 1.165) is 26.8 Å². The minimum atomic E-state index is -1.08. The molecular formula is C20H14N2O2S. The van der Waals surface area contributed by atoms with Gasteiger partial charge in [-0.3, -0.25) is 0 Å². The second-order valence-electron chi connectivity index (χ2n) is 5.64. The molecule has 0 saturated carbocycles. The average molecular weight is 346 g/mol. The first-order chi connectivity index (χ1) is 12.1. The van der Waals surface area contributed by atoms with Gasteiger partial charge < -0.3 is 10.8 Å². The van der Waals surface area contributed by atoms with Crippen molar-refractivity contribution < 1.29 is 9.90 Å². The summed E-state index contributed by atoms with van der Waals surface area (Å²) in [7, 11) is 0. The Morgan fingerprint density at radius 2 is 1.68 bits per heavy atom. The Labute approximate surface area is 148 Å². The van der Waals surface area contributed by atoms with Crippen molar-refractivity contribution in [1.82, 2.24) is 4.98 Å². The molecule has 0 aliphatic heterocycles. The highest BCUT2D eigenvalue weighted by Gasteiger charge is 2.20. The molecule has 0 aliphatic carbocycles. The fraction of sp³-hybridized carbons (Fsp3) is 0. The number of pyridine rings is 1. The van der Waals surface area contributed by atoms with Gasteiger partial charge in [-0.1, -0.05) is 48.5 Å². The Morgan fingerprint density at radius 1 is 0.960 bits per heavy atom. The van der Waals surface area contributed by atoms with Crippen LogP contribution in [0.2, 0.25) is 0 Å². The van der Waals surface area contributed by atoms with Crippen LogP contribution in [0.4, 0.5) is 5.82 Å². The lowest BCUT2D eigenvalue weighted by atomic mass is 9.97. The smallest absolute Gasteiger partial charge is 0.355 e. The van der Waals surface area contributed by atoms with Crippen LogP contribution in [-0.2, 0) is 0 Å². The fourth-order valence-corrected chi connectivity index (χ4v) is 3.93. The van der Waals surface area contributed by atoms with Gasteiger partial charge in [0.2, 0.25) is 0 Å². The summed E-state index contributed by atoms with van der Waals surface area (Å²) in [6, 6.07) is 19.7. The normalized spacial score (nSPS) is 10.9. The van der Waals surface area contributed by atoms with Gasteiger partial charge in [-0.2, -0.15) is 0 Å². The van der Waals surface area contributed by atoms with Crippen LogP contribution in [-0.4, -0.2) is 16.1 Å². The highest BCUT2D eigenvalue weighted by molar-refractivity contribution is 7.18. The van der Waals surface area contributed by atoms with Crippen LogP contribution >= 0.6 is 11.3 Å². The molecule has 4 rings (SSSR count). The molecule has 0 atom stereocenters. The lowest BCUT2D eigenvalue weighted by molar-refractivity contribution is 0.0692. The second kappa shape index (κ2) is 6.03. The van der Waals surface area contributed by atoms with Crippen LogP contribution in [0.1, 0.15) is 10.5 Å². The molecule has 2 aromatic heterocycles. The second-order valence-corrected chi connectivity index (χ2v) is 6.55. The van der Waals surface area contributed by atoms with Crippen molar-refractivity contribution in [3.05, 3.63) is 71.7 Å². The molecule has 0 saturated heterocycles. The highest BCUT2D eigenvalue weighted by atomic mass is 32.1. The summed E-state index contributed by atoms with van der Waals surface area (Å²) in [5, 5.41) is 12.3. The molecular weight excluding hydrogens is 332 g/mol. The van der Waals surface area contributed by atoms with Gasteiger partial charge in [-0.15, -0.1) is 11.3 Å². The molecule has 0 unspecified atom stereocenters. The Balaban J connectivity index is 1.99. The summed E-state index contributed by atoms with van der Waals surface area (Å²) in [6.45, 7) is 0. The molecule has 0 bridgehead atoms. The van der Waals surface area contributed by atoms with E-state index < -0.39 is 5.97 Å². The van der Waals surface area contributed by atoms with E-state index in [2.05, 4.69) is 4.98 Å².